The molecule has 0 unspecified atom stereocenters. The number of hydrogen-bond acceptors (Lipinski definition) is 3. The molecular weight excluding hydrogens is 336 g/mol. The van der Waals surface area contributed by atoms with Crippen molar-refractivity contribution in [1.29, 1.82) is 0 Å². The van der Waals surface area contributed by atoms with Crippen LogP contribution in [-0.4, -0.2) is 27.4 Å². The Bertz CT molecular complexity index is 790. The van der Waals surface area contributed by atoms with Gasteiger partial charge in [-0.2, -0.15) is 0 Å². The number of anilines is 1. The Hall–Kier alpha value is -1.40. The highest BCUT2D eigenvalue weighted by atomic mass is 32.2. The summed E-state index contributed by atoms with van der Waals surface area (Å²) in [5.41, 5.74) is 1.41. The smallest absolute Gasteiger partial charge is 0.240 e. The number of carbonyl (C=O) groups is 1. The minimum absolute atomic E-state index is 0.0714. The van der Waals surface area contributed by atoms with E-state index >= 15 is 0 Å². The third-order valence-corrected chi connectivity index (χ3v) is 7.83. The van der Waals surface area contributed by atoms with Gasteiger partial charge in [-0.25, -0.2) is 13.1 Å². The number of nitrogens with one attached hydrogen (secondary N) is 1. The molecule has 2 bridgehead atoms. The minimum Gasteiger partial charge on any atom is -0.312 e. The first-order valence-corrected chi connectivity index (χ1v) is 10.8. The van der Waals surface area contributed by atoms with E-state index in [-0.39, 0.29) is 5.91 Å². The molecule has 1 aromatic rings. The van der Waals surface area contributed by atoms with Crippen LogP contribution in [0.1, 0.15) is 44.1 Å². The number of fused-ring (bicyclic) bond motifs is 2. The van der Waals surface area contributed by atoms with Gasteiger partial charge in [0.1, 0.15) is 0 Å². The molecule has 0 aromatic heterocycles. The fraction of sp³-hybridized carbons (Fsp3) is 0.632. The fourth-order valence-corrected chi connectivity index (χ4v) is 6.25. The molecule has 4 rings (SSSR count). The highest BCUT2D eigenvalue weighted by Gasteiger charge is 2.39. The molecule has 1 aliphatic heterocycles. The summed E-state index contributed by atoms with van der Waals surface area (Å²) in [4.78, 5) is 13.9. The highest BCUT2D eigenvalue weighted by Crippen LogP contribution is 2.48. The Labute approximate surface area is 149 Å². The van der Waals surface area contributed by atoms with Crippen LogP contribution in [-0.2, 0) is 14.8 Å². The molecule has 0 spiro atoms. The lowest BCUT2D eigenvalue weighted by atomic mass is 9.89. The summed E-state index contributed by atoms with van der Waals surface area (Å²) in [6.45, 7) is 3.01. The lowest BCUT2D eigenvalue weighted by Crippen LogP contribution is -2.32. The maximum atomic E-state index is 12.9. The zero-order valence-corrected chi connectivity index (χ0v) is 15.5. The Morgan fingerprint density at radius 3 is 2.72 bits per heavy atom. The van der Waals surface area contributed by atoms with Gasteiger partial charge in [0.05, 0.1) is 4.90 Å². The molecule has 1 saturated heterocycles. The molecule has 0 radical (unpaired) electrons. The zero-order chi connectivity index (χ0) is 17.6. The van der Waals surface area contributed by atoms with Crippen LogP contribution in [0.5, 0.6) is 0 Å². The molecule has 2 saturated carbocycles. The van der Waals surface area contributed by atoms with Gasteiger partial charge in [0.15, 0.2) is 0 Å². The molecular formula is C19H26N2O3S. The molecule has 136 valence electrons. The Morgan fingerprint density at radius 2 is 2.08 bits per heavy atom. The fourth-order valence-electron chi connectivity index (χ4n) is 4.89. The van der Waals surface area contributed by atoms with E-state index in [4.69, 9.17) is 0 Å². The number of sulfonamides is 1. The average Bonchev–Trinajstić information content (AvgIpc) is 3.30. The van der Waals surface area contributed by atoms with Gasteiger partial charge in [-0.1, -0.05) is 12.5 Å². The maximum Gasteiger partial charge on any atom is 0.240 e. The predicted octanol–water partition coefficient (Wildman–Crippen LogP) is 2.84. The lowest BCUT2D eigenvalue weighted by Gasteiger charge is -2.22. The van der Waals surface area contributed by atoms with Gasteiger partial charge in [0.2, 0.25) is 15.9 Å². The van der Waals surface area contributed by atoms with Gasteiger partial charge >= 0.3 is 0 Å². The van der Waals surface area contributed by atoms with E-state index in [9.17, 15) is 13.2 Å². The minimum atomic E-state index is -3.55. The summed E-state index contributed by atoms with van der Waals surface area (Å²) in [5.74, 6) is 2.06. The summed E-state index contributed by atoms with van der Waals surface area (Å²) in [5, 5.41) is 0. The van der Waals surface area contributed by atoms with E-state index in [1.54, 1.807) is 17.0 Å². The molecule has 6 heteroatoms. The lowest BCUT2D eigenvalue weighted by molar-refractivity contribution is -0.117. The maximum absolute atomic E-state index is 12.9. The second-order valence-corrected chi connectivity index (χ2v) is 9.62. The number of aryl methyl sites for hydroxylation is 1. The van der Waals surface area contributed by atoms with E-state index in [0.29, 0.717) is 41.9 Å². The number of benzene rings is 1. The predicted molar refractivity (Wildman–Crippen MR) is 96.9 cm³/mol. The van der Waals surface area contributed by atoms with Crippen molar-refractivity contribution in [2.24, 2.45) is 17.8 Å². The van der Waals surface area contributed by atoms with Crippen molar-refractivity contribution in [3.8, 4) is 0 Å². The molecule has 1 aromatic carbocycles. The largest absolute Gasteiger partial charge is 0.312 e. The first-order valence-electron chi connectivity index (χ1n) is 9.35. The topological polar surface area (TPSA) is 66.5 Å². The van der Waals surface area contributed by atoms with Crippen molar-refractivity contribution in [2.45, 2.75) is 50.3 Å². The van der Waals surface area contributed by atoms with E-state index in [1.807, 2.05) is 13.0 Å². The summed E-state index contributed by atoms with van der Waals surface area (Å²) < 4.78 is 28.5. The molecule has 3 fully saturated rings. The van der Waals surface area contributed by atoms with Crippen LogP contribution >= 0.6 is 0 Å². The van der Waals surface area contributed by atoms with Gasteiger partial charge < -0.3 is 4.90 Å². The van der Waals surface area contributed by atoms with Gasteiger partial charge in [0.25, 0.3) is 0 Å². The van der Waals surface area contributed by atoms with Crippen LogP contribution in [0.3, 0.4) is 0 Å². The summed E-state index contributed by atoms with van der Waals surface area (Å²) in [6.07, 6.45) is 6.38. The number of hydrogen-bond donors (Lipinski definition) is 1. The Morgan fingerprint density at radius 1 is 1.24 bits per heavy atom. The summed E-state index contributed by atoms with van der Waals surface area (Å²) in [7, 11) is -3.55. The van der Waals surface area contributed by atoms with Crippen molar-refractivity contribution < 1.29 is 13.2 Å². The van der Waals surface area contributed by atoms with Crippen LogP contribution in [0.25, 0.3) is 0 Å². The molecule has 3 aliphatic rings. The van der Waals surface area contributed by atoms with Crippen molar-refractivity contribution >= 4 is 21.6 Å². The van der Waals surface area contributed by atoms with Crippen molar-refractivity contribution in [1.82, 2.24) is 4.72 Å². The molecule has 2 aliphatic carbocycles. The molecule has 3 atom stereocenters. The first-order chi connectivity index (χ1) is 11.9. The van der Waals surface area contributed by atoms with Gasteiger partial charge in [-0.05, 0) is 68.1 Å². The highest BCUT2D eigenvalue weighted by molar-refractivity contribution is 7.89. The number of nitrogens with zero attached hydrogens (tertiary/aromatic N) is 1. The van der Waals surface area contributed by atoms with Crippen LogP contribution < -0.4 is 9.62 Å². The molecule has 25 heavy (non-hydrogen) atoms. The van der Waals surface area contributed by atoms with Crippen molar-refractivity contribution in [3.05, 3.63) is 23.8 Å². The van der Waals surface area contributed by atoms with E-state index < -0.39 is 10.0 Å². The van der Waals surface area contributed by atoms with E-state index in [2.05, 4.69) is 4.72 Å². The van der Waals surface area contributed by atoms with E-state index in [0.717, 1.165) is 24.3 Å². The van der Waals surface area contributed by atoms with Crippen LogP contribution in [0.4, 0.5) is 5.69 Å². The second-order valence-electron chi connectivity index (χ2n) is 7.89. The molecule has 1 N–H and O–H groups in total. The molecule has 1 amide bonds. The quantitative estimate of drug-likeness (QED) is 0.876. The van der Waals surface area contributed by atoms with Gasteiger partial charge in [0, 0.05) is 25.2 Å². The van der Waals surface area contributed by atoms with Crippen LogP contribution in [0, 0.1) is 24.7 Å². The van der Waals surface area contributed by atoms with Crippen molar-refractivity contribution in [3.63, 3.8) is 0 Å². The second kappa shape index (κ2) is 6.40. The number of carbonyl (C=O) groups excluding carboxylic acids is 1. The zero-order valence-electron chi connectivity index (χ0n) is 14.7. The standard InChI is InChI=1S/C19H26N2O3S/c1-13-4-7-17(21-8-2-3-19(21)22)11-18(13)25(23,24)20-12-16-10-14-5-6-15(16)9-14/h4,7,11,14-16,20H,2-3,5-6,8-10,12H2,1H3/t14-,15-,16-/m1/s1. The average molecular weight is 362 g/mol. The molecule has 5 nitrogen and oxygen atoms in total. The van der Waals surface area contributed by atoms with Crippen LogP contribution in [0.15, 0.2) is 23.1 Å². The Balaban J connectivity index is 1.52. The third-order valence-electron chi connectivity index (χ3n) is 6.27. The Kier molecular flexibility index (Phi) is 4.36. The number of rotatable bonds is 5. The number of amides is 1. The SMILES string of the molecule is Cc1ccc(N2CCCC2=O)cc1S(=O)(=O)NC[C@H]1C[C@@H]2CC[C@@H]1C2. The monoisotopic (exact) mass is 362 g/mol. The van der Waals surface area contributed by atoms with Crippen LogP contribution in [0.2, 0.25) is 0 Å². The normalized spacial score (nSPS) is 28.9. The van der Waals surface area contributed by atoms with Crippen molar-refractivity contribution in [2.75, 3.05) is 18.0 Å². The first kappa shape index (κ1) is 17.0. The molecule has 1 heterocycles. The van der Waals surface area contributed by atoms with Gasteiger partial charge in [-0.3, -0.25) is 4.79 Å². The van der Waals surface area contributed by atoms with E-state index in [1.165, 1.54) is 19.3 Å². The van der Waals surface area contributed by atoms with Gasteiger partial charge in [-0.15, -0.1) is 0 Å². The summed E-state index contributed by atoms with van der Waals surface area (Å²) in [6, 6.07) is 5.29. The summed E-state index contributed by atoms with van der Waals surface area (Å²) >= 11 is 0. The third kappa shape index (κ3) is 3.22.